The number of methoxy groups -OCH3 is 1. The third-order valence-corrected chi connectivity index (χ3v) is 7.22. The molecule has 5 heteroatoms. The summed E-state index contributed by atoms with van der Waals surface area (Å²) >= 11 is 0. The number of carboxylic acid groups (broad SMARTS) is 1. The zero-order valence-electron chi connectivity index (χ0n) is 16.6. The molecule has 0 spiro atoms. The molecule has 1 saturated carbocycles. The third-order valence-electron chi connectivity index (χ3n) is 7.22. The second-order valence-electron chi connectivity index (χ2n) is 8.88. The SMILES string of the molecule is COC(=O)C1=CC(=O)CC2C1(C)CCC(C)C2(C)CCC(C)CC(=O)O. The van der Waals surface area contributed by atoms with E-state index in [1.165, 1.54) is 13.2 Å². The van der Waals surface area contributed by atoms with Gasteiger partial charge in [0.25, 0.3) is 0 Å². The summed E-state index contributed by atoms with van der Waals surface area (Å²) in [4.78, 5) is 35.7. The highest BCUT2D eigenvalue weighted by Gasteiger charge is 2.56. The fourth-order valence-electron chi connectivity index (χ4n) is 5.24. The molecule has 26 heavy (non-hydrogen) atoms. The molecule has 1 N–H and O–H groups in total. The van der Waals surface area contributed by atoms with Crippen molar-refractivity contribution in [2.24, 2.45) is 28.6 Å². The Morgan fingerprint density at radius 1 is 1.38 bits per heavy atom. The maximum absolute atomic E-state index is 12.4. The van der Waals surface area contributed by atoms with Gasteiger partial charge in [0, 0.05) is 23.8 Å². The van der Waals surface area contributed by atoms with Crippen molar-refractivity contribution in [3.63, 3.8) is 0 Å². The summed E-state index contributed by atoms with van der Waals surface area (Å²) < 4.78 is 4.96. The van der Waals surface area contributed by atoms with Crippen LogP contribution in [0.5, 0.6) is 0 Å². The van der Waals surface area contributed by atoms with E-state index in [1.807, 2.05) is 6.92 Å². The number of fused-ring (bicyclic) bond motifs is 1. The van der Waals surface area contributed by atoms with E-state index in [4.69, 9.17) is 9.84 Å². The van der Waals surface area contributed by atoms with E-state index < -0.39 is 11.9 Å². The number of hydrogen-bond acceptors (Lipinski definition) is 4. The molecule has 5 unspecified atom stereocenters. The van der Waals surface area contributed by atoms with Gasteiger partial charge in [-0.1, -0.05) is 27.7 Å². The van der Waals surface area contributed by atoms with Gasteiger partial charge in [0.2, 0.25) is 0 Å². The zero-order chi connectivity index (χ0) is 19.7. The van der Waals surface area contributed by atoms with Crippen molar-refractivity contribution in [1.82, 2.24) is 0 Å². The number of allylic oxidation sites excluding steroid dienone is 1. The minimum atomic E-state index is -0.770. The first kappa shape index (κ1) is 20.7. The summed E-state index contributed by atoms with van der Waals surface area (Å²) in [6, 6.07) is 0. The standard InChI is InChI=1S/C21H32O5/c1-13(10-18(23)24)6-8-20(3)14(2)7-9-21(4)16(19(25)26-5)11-15(22)12-17(20)21/h11,13-14,17H,6-10,12H2,1-5H3,(H,23,24). The van der Waals surface area contributed by atoms with Crippen molar-refractivity contribution in [3.05, 3.63) is 11.6 Å². The van der Waals surface area contributed by atoms with E-state index in [2.05, 4.69) is 20.8 Å². The lowest BCUT2D eigenvalue weighted by atomic mass is 9.46. The van der Waals surface area contributed by atoms with Gasteiger partial charge < -0.3 is 9.84 Å². The number of esters is 1. The number of carbonyl (C=O) groups excluding carboxylic acids is 2. The van der Waals surface area contributed by atoms with E-state index in [0.717, 1.165) is 25.7 Å². The van der Waals surface area contributed by atoms with Gasteiger partial charge in [-0.05, 0) is 54.9 Å². The van der Waals surface area contributed by atoms with Crippen molar-refractivity contribution in [2.45, 2.75) is 66.2 Å². The highest BCUT2D eigenvalue weighted by molar-refractivity contribution is 6.02. The van der Waals surface area contributed by atoms with Crippen LogP contribution in [0.1, 0.15) is 66.2 Å². The number of rotatable bonds is 6. The quantitative estimate of drug-likeness (QED) is 0.720. The van der Waals surface area contributed by atoms with Gasteiger partial charge in [-0.15, -0.1) is 0 Å². The maximum atomic E-state index is 12.4. The van der Waals surface area contributed by atoms with E-state index in [1.54, 1.807) is 0 Å². The molecule has 0 aromatic heterocycles. The van der Waals surface area contributed by atoms with Gasteiger partial charge in [-0.3, -0.25) is 9.59 Å². The number of carbonyl (C=O) groups is 3. The van der Waals surface area contributed by atoms with E-state index in [9.17, 15) is 14.4 Å². The van der Waals surface area contributed by atoms with Crippen molar-refractivity contribution in [2.75, 3.05) is 7.11 Å². The normalized spacial score (nSPS) is 35.3. The molecule has 0 aromatic carbocycles. The summed E-state index contributed by atoms with van der Waals surface area (Å²) in [7, 11) is 1.36. The summed E-state index contributed by atoms with van der Waals surface area (Å²) in [5.74, 6) is -0.592. The number of aliphatic carboxylic acids is 1. The van der Waals surface area contributed by atoms with Crippen LogP contribution in [-0.2, 0) is 19.1 Å². The highest BCUT2D eigenvalue weighted by Crippen LogP contribution is 2.61. The van der Waals surface area contributed by atoms with Gasteiger partial charge in [0.15, 0.2) is 5.78 Å². The number of ether oxygens (including phenoxy) is 1. The van der Waals surface area contributed by atoms with Gasteiger partial charge >= 0.3 is 11.9 Å². The average molecular weight is 364 g/mol. The first-order valence-electron chi connectivity index (χ1n) is 9.59. The summed E-state index contributed by atoms with van der Waals surface area (Å²) in [6.45, 7) is 8.51. The average Bonchev–Trinajstić information content (AvgIpc) is 2.57. The molecular weight excluding hydrogens is 332 g/mol. The lowest BCUT2D eigenvalue weighted by Crippen LogP contribution is -2.52. The van der Waals surface area contributed by atoms with Crippen LogP contribution in [-0.4, -0.2) is 29.9 Å². The molecule has 0 heterocycles. The lowest BCUT2D eigenvalue weighted by molar-refractivity contribution is -0.143. The monoisotopic (exact) mass is 364 g/mol. The Morgan fingerprint density at radius 2 is 2.04 bits per heavy atom. The van der Waals surface area contributed by atoms with Crippen LogP contribution in [0.2, 0.25) is 0 Å². The molecule has 0 aromatic rings. The molecule has 2 rings (SSSR count). The number of carboxylic acids is 1. The Hall–Kier alpha value is -1.65. The first-order chi connectivity index (χ1) is 12.0. The third kappa shape index (κ3) is 3.72. The molecule has 0 amide bonds. The van der Waals surface area contributed by atoms with E-state index >= 15 is 0 Å². The molecule has 0 radical (unpaired) electrons. The first-order valence-corrected chi connectivity index (χ1v) is 9.59. The maximum Gasteiger partial charge on any atom is 0.334 e. The van der Waals surface area contributed by atoms with Crippen molar-refractivity contribution in [1.29, 1.82) is 0 Å². The largest absolute Gasteiger partial charge is 0.481 e. The Balaban J connectivity index is 2.32. The topological polar surface area (TPSA) is 80.7 Å². The smallest absolute Gasteiger partial charge is 0.334 e. The van der Waals surface area contributed by atoms with Crippen molar-refractivity contribution in [3.8, 4) is 0 Å². The van der Waals surface area contributed by atoms with Crippen LogP contribution in [0, 0.1) is 28.6 Å². The van der Waals surface area contributed by atoms with Gasteiger partial charge in [-0.2, -0.15) is 0 Å². The van der Waals surface area contributed by atoms with Crippen molar-refractivity contribution < 1.29 is 24.2 Å². The van der Waals surface area contributed by atoms with Gasteiger partial charge in [0.1, 0.15) is 0 Å². The Kier molecular flexibility index (Phi) is 5.99. The minimum Gasteiger partial charge on any atom is -0.481 e. The predicted molar refractivity (Wildman–Crippen MR) is 98.5 cm³/mol. The summed E-state index contributed by atoms with van der Waals surface area (Å²) in [6.07, 6.45) is 5.64. The Morgan fingerprint density at radius 3 is 2.62 bits per heavy atom. The zero-order valence-corrected chi connectivity index (χ0v) is 16.6. The van der Waals surface area contributed by atoms with Crippen LogP contribution in [0.15, 0.2) is 11.6 Å². The Labute approximate surface area is 156 Å². The highest BCUT2D eigenvalue weighted by atomic mass is 16.5. The van der Waals surface area contributed by atoms with Crippen molar-refractivity contribution >= 4 is 17.7 Å². The van der Waals surface area contributed by atoms with Crippen LogP contribution in [0.3, 0.4) is 0 Å². The molecule has 5 atom stereocenters. The van der Waals surface area contributed by atoms with E-state index in [-0.39, 0.29) is 34.9 Å². The van der Waals surface area contributed by atoms with Crippen LogP contribution in [0.25, 0.3) is 0 Å². The molecule has 1 fully saturated rings. The van der Waals surface area contributed by atoms with Crippen LogP contribution < -0.4 is 0 Å². The predicted octanol–water partition coefficient (Wildman–Crippen LogP) is 4.01. The van der Waals surface area contributed by atoms with Gasteiger partial charge in [-0.25, -0.2) is 4.79 Å². The summed E-state index contributed by atoms with van der Waals surface area (Å²) in [5.41, 5.74) is 0.0410. The van der Waals surface area contributed by atoms with Gasteiger partial charge in [0.05, 0.1) is 7.11 Å². The molecule has 2 aliphatic carbocycles. The fraction of sp³-hybridized carbons (Fsp3) is 0.762. The molecule has 2 aliphatic rings. The molecule has 5 nitrogen and oxygen atoms in total. The molecule has 0 aliphatic heterocycles. The number of hydrogen-bond donors (Lipinski definition) is 1. The molecule has 0 bridgehead atoms. The summed E-state index contributed by atoms with van der Waals surface area (Å²) in [5, 5.41) is 9.02. The van der Waals surface area contributed by atoms with Crippen LogP contribution >= 0.6 is 0 Å². The molecule has 146 valence electrons. The van der Waals surface area contributed by atoms with Crippen LogP contribution in [0.4, 0.5) is 0 Å². The number of ketones is 1. The Bertz CT molecular complexity index is 622. The molecule has 0 saturated heterocycles. The lowest BCUT2D eigenvalue weighted by Gasteiger charge is -2.57. The minimum absolute atomic E-state index is 0.00761. The fourth-order valence-corrected chi connectivity index (χ4v) is 5.24. The second-order valence-corrected chi connectivity index (χ2v) is 8.88. The second kappa shape index (κ2) is 7.53. The molecular formula is C21H32O5. The van der Waals surface area contributed by atoms with E-state index in [0.29, 0.717) is 17.9 Å².